The number of hydrogen-bond acceptors (Lipinski definition) is 2. The van der Waals surface area contributed by atoms with Crippen molar-refractivity contribution in [2.45, 2.75) is 0 Å². The van der Waals surface area contributed by atoms with Crippen LogP contribution in [0.4, 0.5) is 5.69 Å². The zero-order valence-electron chi connectivity index (χ0n) is 7.44. The Balaban J connectivity index is 2.68. The second kappa shape index (κ2) is 5.46. The molecule has 15 heavy (non-hydrogen) atoms. The van der Waals surface area contributed by atoms with E-state index < -0.39 is 5.91 Å². The molecule has 0 fully saturated rings. The molecular weight excluding hydrogens is 239 g/mol. The van der Waals surface area contributed by atoms with Crippen LogP contribution in [0.15, 0.2) is 23.3 Å². The number of rotatable bonds is 3. The molecule has 0 aliphatic heterocycles. The van der Waals surface area contributed by atoms with Gasteiger partial charge in [0.25, 0.3) is 0 Å². The largest absolute Gasteiger partial charge is 0.326 e. The normalized spacial score (nSPS) is 9.20. The fourth-order valence-corrected chi connectivity index (χ4v) is 1.17. The number of carbonyl (C=O) groups is 1. The van der Waals surface area contributed by atoms with Crippen molar-refractivity contribution in [3.8, 4) is 0 Å². The molecule has 0 aromatic heterocycles. The zero-order valence-corrected chi connectivity index (χ0v) is 8.96. The SMILES string of the molecule is [N-]=[N+]=NCC(=O)Nc1ccc(Cl)c(Cl)c1. The number of amides is 1. The second-order valence-corrected chi connectivity index (χ2v) is 3.38. The van der Waals surface area contributed by atoms with Crippen molar-refractivity contribution in [1.82, 2.24) is 0 Å². The third-order valence-corrected chi connectivity index (χ3v) is 2.22. The van der Waals surface area contributed by atoms with E-state index in [0.717, 1.165) is 0 Å². The summed E-state index contributed by atoms with van der Waals surface area (Å²) < 4.78 is 0. The summed E-state index contributed by atoms with van der Waals surface area (Å²) in [6, 6.07) is 4.67. The van der Waals surface area contributed by atoms with Crippen molar-refractivity contribution in [3.05, 3.63) is 38.7 Å². The highest BCUT2D eigenvalue weighted by Crippen LogP contribution is 2.24. The molecule has 7 heteroatoms. The fraction of sp³-hybridized carbons (Fsp3) is 0.125. The number of anilines is 1. The summed E-state index contributed by atoms with van der Waals surface area (Å²) in [6.07, 6.45) is 0. The van der Waals surface area contributed by atoms with E-state index in [0.29, 0.717) is 15.7 Å². The molecule has 1 N–H and O–H groups in total. The van der Waals surface area contributed by atoms with Crippen LogP contribution in [0.3, 0.4) is 0 Å². The lowest BCUT2D eigenvalue weighted by Crippen LogP contribution is -2.14. The second-order valence-electron chi connectivity index (χ2n) is 2.57. The van der Waals surface area contributed by atoms with Gasteiger partial charge in [-0.25, -0.2) is 0 Å². The molecule has 0 saturated heterocycles. The van der Waals surface area contributed by atoms with Gasteiger partial charge in [0.2, 0.25) is 5.91 Å². The number of azide groups is 1. The molecule has 0 heterocycles. The van der Waals surface area contributed by atoms with Crippen molar-refractivity contribution >= 4 is 34.8 Å². The molecule has 1 amide bonds. The van der Waals surface area contributed by atoms with Gasteiger partial charge in [0.15, 0.2) is 0 Å². The number of benzene rings is 1. The molecule has 0 atom stereocenters. The van der Waals surface area contributed by atoms with Gasteiger partial charge in [0.1, 0.15) is 6.54 Å². The van der Waals surface area contributed by atoms with E-state index in [1.54, 1.807) is 12.1 Å². The van der Waals surface area contributed by atoms with Crippen molar-refractivity contribution in [2.24, 2.45) is 5.11 Å². The van der Waals surface area contributed by atoms with Gasteiger partial charge >= 0.3 is 0 Å². The van der Waals surface area contributed by atoms with Crippen LogP contribution in [0.25, 0.3) is 10.4 Å². The van der Waals surface area contributed by atoms with E-state index in [1.807, 2.05) is 0 Å². The maximum atomic E-state index is 11.1. The first-order valence-corrected chi connectivity index (χ1v) is 4.65. The lowest BCUT2D eigenvalue weighted by atomic mass is 10.3. The van der Waals surface area contributed by atoms with Gasteiger partial charge < -0.3 is 5.32 Å². The van der Waals surface area contributed by atoms with Crippen LogP contribution >= 0.6 is 23.2 Å². The average Bonchev–Trinajstić information content (AvgIpc) is 2.20. The molecule has 0 radical (unpaired) electrons. The van der Waals surface area contributed by atoms with Gasteiger partial charge in [-0.1, -0.05) is 28.3 Å². The standard InChI is InChI=1S/C8H6Cl2N4O/c9-6-2-1-5(3-7(6)10)13-8(15)4-12-14-11/h1-3H,4H2,(H,13,15). The Morgan fingerprint density at radius 1 is 1.47 bits per heavy atom. The predicted octanol–water partition coefficient (Wildman–Crippen LogP) is 3.24. The lowest BCUT2D eigenvalue weighted by Gasteiger charge is -2.03. The average molecular weight is 245 g/mol. The highest BCUT2D eigenvalue weighted by molar-refractivity contribution is 6.42. The van der Waals surface area contributed by atoms with Gasteiger partial charge in [-0.3, -0.25) is 4.79 Å². The summed E-state index contributed by atoms with van der Waals surface area (Å²) >= 11 is 11.4. The fourth-order valence-electron chi connectivity index (χ4n) is 0.870. The van der Waals surface area contributed by atoms with Gasteiger partial charge in [-0.15, -0.1) is 0 Å². The first-order chi connectivity index (χ1) is 7.13. The molecule has 0 saturated carbocycles. The number of nitrogens with zero attached hydrogens (tertiary/aromatic N) is 3. The van der Waals surface area contributed by atoms with E-state index in [9.17, 15) is 4.79 Å². The summed E-state index contributed by atoms with van der Waals surface area (Å²) in [5, 5.41) is 6.37. The van der Waals surface area contributed by atoms with Gasteiger partial charge in [-0.05, 0) is 23.7 Å². The molecule has 0 bridgehead atoms. The van der Waals surface area contributed by atoms with Crippen LogP contribution in [0.2, 0.25) is 10.0 Å². The quantitative estimate of drug-likeness (QED) is 0.495. The molecular formula is C8H6Cl2N4O. The summed E-state index contributed by atoms with van der Waals surface area (Å²) in [6.45, 7) is -0.253. The third-order valence-electron chi connectivity index (χ3n) is 1.48. The van der Waals surface area contributed by atoms with E-state index in [4.69, 9.17) is 28.7 Å². The van der Waals surface area contributed by atoms with Crippen molar-refractivity contribution in [3.63, 3.8) is 0 Å². The Hall–Kier alpha value is -1.42. The summed E-state index contributed by atoms with van der Waals surface area (Å²) in [5.74, 6) is -0.411. The van der Waals surface area contributed by atoms with Crippen LogP contribution in [-0.4, -0.2) is 12.5 Å². The Morgan fingerprint density at radius 3 is 2.80 bits per heavy atom. The smallest absolute Gasteiger partial charge is 0.230 e. The monoisotopic (exact) mass is 244 g/mol. The van der Waals surface area contributed by atoms with Crippen LogP contribution in [0, 0.1) is 0 Å². The first-order valence-electron chi connectivity index (χ1n) is 3.89. The molecule has 5 nitrogen and oxygen atoms in total. The maximum Gasteiger partial charge on any atom is 0.230 e. The molecule has 1 aromatic carbocycles. The van der Waals surface area contributed by atoms with Crippen molar-refractivity contribution in [2.75, 3.05) is 11.9 Å². The topological polar surface area (TPSA) is 77.9 Å². The first kappa shape index (κ1) is 11.7. The highest BCUT2D eigenvalue weighted by atomic mass is 35.5. The summed E-state index contributed by atoms with van der Waals surface area (Å²) in [7, 11) is 0. The Morgan fingerprint density at radius 2 is 2.20 bits per heavy atom. The Kier molecular flexibility index (Phi) is 4.24. The zero-order chi connectivity index (χ0) is 11.3. The van der Waals surface area contributed by atoms with Crippen LogP contribution in [0.5, 0.6) is 0 Å². The number of hydrogen-bond donors (Lipinski definition) is 1. The highest BCUT2D eigenvalue weighted by Gasteiger charge is 2.02. The molecule has 0 unspecified atom stereocenters. The summed E-state index contributed by atoms with van der Waals surface area (Å²) in [5.41, 5.74) is 8.50. The van der Waals surface area contributed by atoms with Crippen LogP contribution < -0.4 is 5.32 Å². The van der Waals surface area contributed by atoms with E-state index in [2.05, 4.69) is 15.3 Å². The van der Waals surface area contributed by atoms with Gasteiger partial charge in [0.05, 0.1) is 10.0 Å². The van der Waals surface area contributed by atoms with E-state index in [-0.39, 0.29) is 6.54 Å². The van der Waals surface area contributed by atoms with Gasteiger partial charge in [0, 0.05) is 10.6 Å². The van der Waals surface area contributed by atoms with Gasteiger partial charge in [-0.2, -0.15) is 0 Å². The molecule has 0 spiro atoms. The minimum Gasteiger partial charge on any atom is -0.326 e. The van der Waals surface area contributed by atoms with Crippen LogP contribution in [-0.2, 0) is 4.79 Å². The minimum absolute atomic E-state index is 0.253. The Labute approximate surface area is 95.6 Å². The van der Waals surface area contributed by atoms with E-state index >= 15 is 0 Å². The number of nitrogens with one attached hydrogen (secondary N) is 1. The van der Waals surface area contributed by atoms with E-state index in [1.165, 1.54) is 6.07 Å². The minimum atomic E-state index is -0.411. The number of carbonyl (C=O) groups excluding carboxylic acids is 1. The maximum absolute atomic E-state index is 11.1. The molecule has 1 aromatic rings. The lowest BCUT2D eigenvalue weighted by molar-refractivity contribution is -0.114. The van der Waals surface area contributed by atoms with Crippen molar-refractivity contribution < 1.29 is 4.79 Å². The molecule has 1 rings (SSSR count). The van der Waals surface area contributed by atoms with Crippen LogP contribution in [0.1, 0.15) is 0 Å². The van der Waals surface area contributed by atoms with Crippen molar-refractivity contribution in [1.29, 1.82) is 0 Å². The number of halogens is 2. The summed E-state index contributed by atoms with van der Waals surface area (Å²) in [4.78, 5) is 13.6. The predicted molar refractivity (Wildman–Crippen MR) is 59.1 cm³/mol. The molecule has 0 aliphatic rings. The third kappa shape index (κ3) is 3.67. The molecule has 78 valence electrons. The Bertz CT molecular complexity index is 429. The molecule has 0 aliphatic carbocycles.